The Morgan fingerprint density at radius 3 is 2.52 bits per heavy atom. The van der Waals surface area contributed by atoms with Gasteiger partial charge in [-0.15, -0.1) is 0 Å². The molecule has 21 heavy (non-hydrogen) atoms. The van der Waals surface area contributed by atoms with E-state index in [4.69, 9.17) is 4.74 Å². The molecule has 0 spiro atoms. The molecule has 5 heteroatoms. The lowest BCUT2D eigenvalue weighted by atomic mass is 10.1. The quantitative estimate of drug-likeness (QED) is 0.769. The maximum absolute atomic E-state index is 12.4. The Bertz CT molecular complexity index is 484. The Morgan fingerprint density at radius 2 is 2.00 bits per heavy atom. The molecule has 1 aromatic carbocycles. The van der Waals surface area contributed by atoms with Crippen LogP contribution < -0.4 is 5.32 Å². The lowest BCUT2D eigenvalue weighted by molar-refractivity contribution is -0.144. The smallest absolute Gasteiger partial charge is 0.326 e. The molecule has 2 unspecified atom stereocenters. The van der Waals surface area contributed by atoms with Crippen LogP contribution in [0.25, 0.3) is 0 Å². The van der Waals surface area contributed by atoms with E-state index >= 15 is 0 Å². The van der Waals surface area contributed by atoms with Crippen LogP contribution in [0, 0.1) is 5.92 Å². The molecule has 0 aliphatic heterocycles. The third-order valence-corrected chi connectivity index (χ3v) is 3.55. The van der Waals surface area contributed by atoms with Gasteiger partial charge in [-0.1, -0.05) is 43.2 Å². The van der Waals surface area contributed by atoms with Crippen molar-refractivity contribution in [2.24, 2.45) is 5.92 Å². The van der Waals surface area contributed by atoms with E-state index in [0.717, 1.165) is 18.4 Å². The van der Waals surface area contributed by atoms with Crippen LogP contribution in [0.5, 0.6) is 0 Å². The van der Waals surface area contributed by atoms with Gasteiger partial charge in [-0.3, -0.25) is 4.79 Å². The molecule has 2 rings (SSSR count). The van der Waals surface area contributed by atoms with Gasteiger partial charge in [0.25, 0.3) is 5.91 Å². The highest BCUT2D eigenvalue weighted by atomic mass is 16.5. The minimum atomic E-state index is -0.987. The minimum absolute atomic E-state index is 0.382. The van der Waals surface area contributed by atoms with Crippen LogP contribution in [0.3, 0.4) is 0 Å². The number of nitrogens with one attached hydrogen (secondary N) is 1. The number of carboxylic acids is 1. The zero-order valence-corrected chi connectivity index (χ0v) is 12.1. The van der Waals surface area contributed by atoms with Crippen LogP contribution in [-0.2, 0) is 14.3 Å². The van der Waals surface area contributed by atoms with Gasteiger partial charge in [0.2, 0.25) is 0 Å². The lowest BCUT2D eigenvalue weighted by Gasteiger charge is -2.20. The number of hydrogen-bond donors (Lipinski definition) is 2. The van der Waals surface area contributed by atoms with Crippen molar-refractivity contribution in [2.75, 3.05) is 6.61 Å². The molecule has 5 nitrogen and oxygen atoms in total. The number of rotatable bonds is 8. The van der Waals surface area contributed by atoms with Gasteiger partial charge in [0.05, 0.1) is 0 Å². The van der Waals surface area contributed by atoms with Gasteiger partial charge >= 0.3 is 5.97 Å². The standard InChI is InChI=1S/C16H21NO4/c1-2-21-14(12-6-4-3-5-7-12)15(18)17-13(16(19)20)10-11-8-9-11/h3-7,11,13-14H,2,8-10H2,1H3,(H,17,18)(H,19,20). The third kappa shape index (κ3) is 4.56. The summed E-state index contributed by atoms with van der Waals surface area (Å²) in [6.45, 7) is 2.19. The molecule has 114 valence electrons. The average molecular weight is 291 g/mol. The van der Waals surface area contributed by atoms with E-state index < -0.39 is 24.0 Å². The van der Waals surface area contributed by atoms with Crippen molar-refractivity contribution in [1.82, 2.24) is 5.32 Å². The Kier molecular flexibility index (Phi) is 5.33. The molecule has 0 heterocycles. The van der Waals surface area contributed by atoms with E-state index in [9.17, 15) is 14.7 Å². The second-order valence-electron chi connectivity index (χ2n) is 5.32. The van der Waals surface area contributed by atoms with E-state index in [1.165, 1.54) is 0 Å². The van der Waals surface area contributed by atoms with Crippen LogP contribution in [0.2, 0.25) is 0 Å². The fourth-order valence-corrected chi connectivity index (χ4v) is 2.27. The molecular formula is C16H21NO4. The SMILES string of the molecule is CCOC(C(=O)NC(CC1CC1)C(=O)O)c1ccccc1. The minimum Gasteiger partial charge on any atom is -0.480 e. The van der Waals surface area contributed by atoms with Gasteiger partial charge in [0, 0.05) is 6.61 Å². The van der Waals surface area contributed by atoms with Crippen LogP contribution in [0.4, 0.5) is 0 Å². The fraction of sp³-hybridized carbons (Fsp3) is 0.500. The Balaban J connectivity index is 2.04. The third-order valence-electron chi connectivity index (χ3n) is 3.55. The van der Waals surface area contributed by atoms with Crippen molar-refractivity contribution >= 4 is 11.9 Å². The summed E-state index contributed by atoms with van der Waals surface area (Å²) in [5.74, 6) is -0.955. The van der Waals surface area contributed by atoms with E-state index in [0.29, 0.717) is 18.9 Å². The number of ether oxygens (including phenoxy) is 1. The number of benzene rings is 1. The number of carbonyl (C=O) groups excluding carboxylic acids is 1. The molecule has 1 aliphatic rings. The predicted molar refractivity (Wildman–Crippen MR) is 77.7 cm³/mol. The summed E-state index contributed by atoms with van der Waals surface area (Å²) >= 11 is 0. The first-order chi connectivity index (χ1) is 10.1. The molecule has 0 radical (unpaired) electrons. The number of carboxylic acid groups (broad SMARTS) is 1. The maximum Gasteiger partial charge on any atom is 0.326 e. The molecule has 2 N–H and O–H groups in total. The highest BCUT2D eigenvalue weighted by Gasteiger charge is 2.32. The predicted octanol–water partition coefficient (Wildman–Crippen LogP) is 2.13. The molecule has 1 fully saturated rings. The van der Waals surface area contributed by atoms with Crippen LogP contribution in [0.1, 0.15) is 37.9 Å². The van der Waals surface area contributed by atoms with Gasteiger partial charge < -0.3 is 15.2 Å². The molecule has 1 aromatic rings. The van der Waals surface area contributed by atoms with Crippen LogP contribution in [-0.4, -0.2) is 29.6 Å². The Morgan fingerprint density at radius 1 is 1.33 bits per heavy atom. The van der Waals surface area contributed by atoms with E-state index in [1.54, 1.807) is 12.1 Å². The van der Waals surface area contributed by atoms with Crippen molar-refractivity contribution < 1.29 is 19.4 Å². The van der Waals surface area contributed by atoms with Crippen molar-refractivity contribution in [1.29, 1.82) is 0 Å². The van der Waals surface area contributed by atoms with Crippen molar-refractivity contribution in [3.63, 3.8) is 0 Å². The number of aliphatic carboxylic acids is 1. The molecule has 1 amide bonds. The van der Waals surface area contributed by atoms with Crippen molar-refractivity contribution in [3.05, 3.63) is 35.9 Å². The number of carbonyl (C=O) groups is 2. The van der Waals surface area contributed by atoms with Crippen LogP contribution in [0.15, 0.2) is 30.3 Å². The van der Waals surface area contributed by atoms with Gasteiger partial charge in [-0.05, 0) is 24.8 Å². The molecule has 1 saturated carbocycles. The fourth-order valence-electron chi connectivity index (χ4n) is 2.27. The van der Waals surface area contributed by atoms with Gasteiger partial charge in [-0.2, -0.15) is 0 Å². The molecular weight excluding hydrogens is 270 g/mol. The first kappa shape index (κ1) is 15.5. The number of hydrogen-bond acceptors (Lipinski definition) is 3. The zero-order chi connectivity index (χ0) is 15.2. The summed E-state index contributed by atoms with van der Waals surface area (Å²) in [7, 11) is 0. The zero-order valence-electron chi connectivity index (χ0n) is 12.1. The topological polar surface area (TPSA) is 75.6 Å². The summed E-state index contributed by atoms with van der Waals surface area (Å²) in [5, 5.41) is 11.8. The van der Waals surface area contributed by atoms with Crippen LogP contribution >= 0.6 is 0 Å². The second-order valence-corrected chi connectivity index (χ2v) is 5.32. The van der Waals surface area contributed by atoms with Gasteiger partial charge in [0.1, 0.15) is 6.04 Å². The Labute approximate surface area is 124 Å². The van der Waals surface area contributed by atoms with E-state index in [-0.39, 0.29) is 0 Å². The van der Waals surface area contributed by atoms with Gasteiger partial charge in [-0.25, -0.2) is 4.79 Å². The highest BCUT2D eigenvalue weighted by Crippen LogP contribution is 2.33. The average Bonchev–Trinajstić information content (AvgIpc) is 3.28. The normalized spacial score (nSPS) is 17.0. The summed E-state index contributed by atoms with van der Waals surface area (Å²) in [5.41, 5.74) is 0.729. The summed E-state index contributed by atoms with van der Waals surface area (Å²) in [4.78, 5) is 23.6. The summed E-state index contributed by atoms with van der Waals surface area (Å²) in [6.07, 6.45) is 1.83. The summed E-state index contributed by atoms with van der Waals surface area (Å²) < 4.78 is 5.49. The van der Waals surface area contributed by atoms with Crippen molar-refractivity contribution in [3.8, 4) is 0 Å². The van der Waals surface area contributed by atoms with E-state index in [2.05, 4.69) is 5.32 Å². The lowest BCUT2D eigenvalue weighted by Crippen LogP contribution is -2.43. The first-order valence-electron chi connectivity index (χ1n) is 7.31. The molecule has 0 saturated heterocycles. The van der Waals surface area contributed by atoms with Gasteiger partial charge in [0.15, 0.2) is 6.10 Å². The summed E-state index contributed by atoms with van der Waals surface area (Å²) in [6, 6.07) is 8.28. The van der Waals surface area contributed by atoms with E-state index in [1.807, 2.05) is 25.1 Å². The number of amides is 1. The molecule has 0 bridgehead atoms. The highest BCUT2D eigenvalue weighted by molar-refractivity contribution is 5.87. The largest absolute Gasteiger partial charge is 0.480 e. The molecule has 0 aromatic heterocycles. The Hall–Kier alpha value is -1.88. The molecule has 2 atom stereocenters. The molecule has 1 aliphatic carbocycles. The second kappa shape index (κ2) is 7.22. The first-order valence-corrected chi connectivity index (χ1v) is 7.31. The van der Waals surface area contributed by atoms with Crippen molar-refractivity contribution in [2.45, 2.75) is 38.3 Å². The monoisotopic (exact) mass is 291 g/mol. The maximum atomic E-state index is 12.4.